The Morgan fingerprint density at radius 2 is 2.05 bits per heavy atom. The summed E-state index contributed by atoms with van der Waals surface area (Å²) in [6.45, 7) is 4.63. The molecule has 1 N–H and O–H groups in total. The average Bonchev–Trinajstić information content (AvgIpc) is 2.89. The predicted octanol–water partition coefficient (Wildman–Crippen LogP) is 1.83. The first-order chi connectivity index (χ1) is 9.24. The molecule has 1 aliphatic rings. The van der Waals surface area contributed by atoms with Crippen LogP contribution in [0, 0.1) is 13.8 Å². The summed E-state index contributed by atoms with van der Waals surface area (Å²) >= 11 is 0. The third kappa shape index (κ3) is 2.29. The molecule has 0 unspecified atom stereocenters. The molecule has 0 radical (unpaired) electrons. The molecule has 0 amide bonds. The largest absolute Gasteiger partial charge is 0.454 e. The number of hydrogen-bond acceptors (Lipinski definition) is 6. The van der Waals surface area contributed by atoms with Crippen LogP contribution in [0.4, 0.5) is 5.95 Å². The van der Waals surface area contributed by atoms with E-state index < -0.39 is 0 Å². The minimum absolute atomic E-state index is 0.272. The zero-order valence-electron chi connectivity index (χ0n) is 10.8. The van der Waals surface area contributed by atoms with Crippen molar-refractivity contribution in [3.05, 3.63) is 35.2 Å². The number of ether oxygens (including phenoxy) is 2. The van der Waals surface area contributed by atoms with Crippen LogP contribution in [0.5, 0.6) is 11.5 Å². The van der Waals surface area contributed by atoms with Gasteiger partial charge in [0.2, 0.25) is 12.7 Å². The number of fused-ring (bicyclic) bond motifs is 1. The topological polar surface area (TPSA) is 69.2 Å². The molecule has 3 rings (SSSR count). The Morgan fingerprint density at radius 1 is 1.16 bits per heavy atom. The summed E-state index contributed by atoms with van der Waals surface area (Å²) in [5.74, 6) is 2.07. The maximum atomic E-state index is 5.44. The van der Waals surface area contributed by atoms with Gasteiger partial charge in [0, 0.05) is 12.1 Å². The van der Waals surface area contributed by atoms with E-state index in [1.54, 1.807) is 0 Å². The number of aryl methyl sites for hydroxylation is 2. The maximum absolute atomic E-state index is 5.44. The molecule has 1 aromatic heterocycles. The Labute approximate surface area is 110 Å². The second-order valence-electron chi connectivity index (χ2n) is 4.31. The summed E-state index contributed by atoms with van der Waals surface area (Å²) in [7, 11) is 0. The highest BCUT2D eigenvalue weighted by Gasteiger charge is 2.17. The van der Waals surface area contributed by atoms with Crippen LogP contribution >= 0.6 is 0 Å². The highest BCUT2D eigenvalue weighted by Crippen LogP contribution is 2.35. The number of anilines is 1. The summed E-state index contributed by atoms with van der Waals surface area (Å²) in [4.78, 5) is 4.32. The van der Waals surface area contributed by atoms with Crippen molar-refractivity contribution in [2.24, 2.45) is 0 Å². The van der Waals surface area contributed by atoms with E-state index in [1.807, 2.05) is 32.0 Å². The van der Waals surface area contributed by atoms with Gasteiger partial charge in [0.15, 0.2) is 11.5 Å². The third-order valence-electron chi connectivity index (χ3n) is 3.01. The van der Waals surface area contributed by atoms with Crippen LogP contribution in [0.2, 0.25) is 0 Å². The molecule has 0 bridgehead atoms. The molecule has 1 aliphatic heterocycles. The highest BCUT2D eigenvalue weighted by atomic mass is 16.7. The summed E-state index contributed by atoms with van der Waals surface area (Å²) < 4.78 is 10.8. The van der Waals surface area contributed by atoms with E-state index in [0.29, 0.717) is 12.5 Å². The Bertz CT molecular complexity index is 616. The van der Waals surface area contributed by atoms with E-state index >= 15 is 0 Å². The van der Waals surface area contributed by atoms with E-state index in [2.05, 4.69) is 20.5 Å². The van der Waals surface area contributed by atoms with Gasteiger partial charge in [-0.2, -0.15) is 5.10 Å². The van der Waals surface area contributed by atoms with Gasteiger partial charge < -0.3 is 14.8 Å². The summed E-state index contributed by atoms with van der Waals surface area (Å²) in [5.41, 5.74) is 2.72. The molecule has 1 aromatic carbocycles. The van der Waals surface area contributed by atoms with Gasteiger partial charge in [0.1, 0.15) is 0 Å². The van der Waals surface area contributed by atoms with Crippen molar-refractivity contribution in [2.45, 2.75) is 20.4 Å². The molecule has 6 nitrogen and oxygen atoms in total. The number of rotatable bonds is 3. The fourth-order valence-electron chi connectivity index (χ4n) is 1.84. The van der Waals surface area contributed by atoms with Crippen molar-refractivity contribution in [3.63, 3.8) is 0 Å². The van der Waals surface area contributed by atoms with Gasteiger partial charge in [-0.05, 0) is 19.9 Å². The van der Waals surface area contributed by atoms with Crippen LogP contribution in [0.1, 0.15) is 17.0 Å². The van der Waals surface area contributed by atoms with Crippen LogP contribution in [-0.4, -0.2) is 22.0 Å². The smallest absolute Gasteiger partial charge is 0.243 e. The van der Waals surface area contributed by atoms with Crippen molar-refractivity contribution in [1.82, 2.24) is 15.2 Å². The predicted molar refractivity (Wildman–Crippen MR) is 69.2 cm³/mol. The summed E-state index contributed by atoms with van der Waals surface area (Å²) in [6, 6.07) is 5.80. The first kappa shape index (κ1) is 11.7. The molecular weight excluding hydrogens is 244 g/mol. The van der Waals surface area contributed by atoms with Crippen molar-refractivity contribution < 1.29 is 9.47 Å². The number of nitrogens with one attached hydrogen (secondary N) is 1. The molecule has 0 saturated heterocycles. The molecule has 0 aliphatic carbocycles. The molecular formula is C13H14N4O2. The Kier molecular flexibility index (Phi) is 2.91. The van der Waals surface area contributed by atoms with Gasteiger partial charge in [-0.15, -0.1) is 5.10 Å². The zero-order valence-corrected chi connectivity index (χ0v) is 10.8. The van der Waals surface area contributed by atoms with Gasteiger partial charge in [-0.1, -0.05) is 12.1 Å². The molecule has 2 heterocycles. The fraction of sp³-hybridized carbons (Fsp3) is 0.308. The molecule has 0 fully saturated rings. The third-order valence-corrected chi connectivity index (χ3v) is 3.01. The molecule has 6 heteroatoms. The molecule has 0 atom stereocenters. The number of benzene rings is 1. The molecule has 98 valence electrons. The van der Waals surface area contributed by atoms with Crippen molar-refractivity contribution in [1.29, 1.82) is 0 Å². The Balaban J connectivity index is 1.76. The highest BCUT2D eigenvalue weighted by molar-refractivity contribution is 5.49. The van der Waals surface area contributed by atoms with Gasteiger partial charge in [-0.3, -0.25) is 0 Å². The van der Waals surface area contributed by atoms with Crippen LogP contribution in [0.25, 0.3) is 0 Å². The Morgan fingerprint density at radius 3 is 2.89 bits per heavy atom. The lowest BCUT2D eigenvalue weighted by molar-refractivity contribution is 0.173. The van der Waals surface area contributed by atoms with Crippen LogP contribution in [-0.2, 0) is 6.54 Å². The van der Waals surface area contributed by atoms with Crippen LogP contribution < -0.4 is 14.8 Å². The Hall–Kier alpha value is -2.37. The van der Waals surface area contributed by atoms with Crippen LogP contribution in [0.15, 0.2) is 18.2 Å². The number of aromatic nitrogens is 3. The van der Waals surface area contributed by atoms with E-state index in [-0.39, 0.29) is 6.79 Å². The lowest BCUT2D eigenvalue weighted by atomic mass is 10.2. The summed E-state index contributed by atoms with van der Waals surface area (Å²) in [6.07, 6.45) is 0. The second-order valence-corrected chi connectivity index (χ2v) is 4.31. The van der Waals surface area contributed by atoms with Gasteiger partial charge in [-0.25, -0.2) is 4.98 Å². The number of para-hydroxylation sites is 1. The van der Waals surface area contributed by atoms with Crippen molar-refractivity contribution in [2.75, 3.05) is 12.1 Å². The maximum Gasteiger partial charge on any atom is 0.243 e. The van der Waals surface area contributed by atoms with Crippen molar-refractivity contribution in [3.8, 4) is 11.5 Å². The minimum atomic E-state index is 0.272. The van der Waals surface area contributed by atoms with E-state index in [0.717, 1.165) is 28.5 Å². The van der Waals surface area contributed by atoms with Gasteiger partial charge in [0.25, 0.3) is 0 Å². The second kappa shape index (κ2) is 4.72. The quantitative estimate of drug-likeness (QED) is 0.905. The molecule has 2 aromatic rings. The van der Waals surface area contributed by atoms with Gasteiger partial charge >= 0.3 is 0 Å². The SMILES string of the molecule is Cc1nnc(NCc2cccc3c2OCO3)nc1C. The first-order valence-corrected chi connectivity index (χ1v) is 6.03. The standard InChI is InChI=1S/C13H14N4O2/c1-8-9(2)16-17-13(15-8)14-6-10-4-3-5-11-12(10)19-7-18-11/h3-5H,6-7H2,1-2H3,(H,14,15,17). The molecule has 19 heavy (non-hydrogen) atoms. The average molecular weight is 258 g/mol. The fourth-order valence-corrected chi connectivity index (χ4v) is 1.84. The zero-order chi connectivity index (χ0) is 13.2. The number of hydrogen-bond donors (Lipinski definition) is 1. The van der Waals surface area contributed by atoms with E-state index in [1.165, 1.54) is 0 Å². The first-order valence-electron chi connectivity index (χ1n) is 6.03. The van der Waals surface area contributed by atoms with E-state index in [9.17, 15) is 0 Å². The lowest BCUT2D eigenvalue weighted by Crippen LogP contribution is -2.07. The van der Waals surface area contributed by atoms with Crippen molar-refractivity contribution >= 4 is 5.95 Å². The minimum Gasteiger partial charge on any atom is -0.454 e. The monoisotopic (exact) mass is 258 g/mol. The lowest BCUT2D eigenvalue weighted by Gasteiger charge is -2.08. The van der Waals surface area contributed by atoms with E-state index in [4.69, 9.17) is 9.47 Å². The summed E-state index contributed by atoms with van der Waals surface area (Å²) in [5, 5.41) is 11.2. The molecule has 0 saturated carbocycles. The van der Waals surface area contributed by atoms with Crippen LogP contribution in [0.3, 0.4) is 0 Å². The number of nitrogens with zero attached hydrogens (tertiary/aromatic N) is 3. The normalized spacial score (nSPS) is 12.5. The molecule has 0 spiro atoms. The van der Waals surface area contributed by atoms with Gasteiger partial charge in [0.05, 0.1) is 11.4 Å².